The van der Waals surface area contributed by atoms with Crippen molar-refractivity contribution < 1.29 is 4.42 Å². The smallest absolute Gasteiger partial charge is 0.179 e. The highest BCUT2D eigenvalue weighted by Crippen LogP contribution is 2.27. The van der Waals surface area contributed by atoms with E-state index < -0.39 is 0 Å². The molecule has 7 nitrogen and oxygen atoms in total. The topological polar surface area (TPSA) is 84.6 Å². The monoisotopic (exact) mass is 412 g/mol. The Morgan fingerprint density at radius 1 is 1.10 bits per heavy atom. The number of fused-ring (bicyclic) bond motifs is 1. The molecule has 4 heterocycles. The van der Waals surface area contributed by atoms with E-state index >= 15 is 0 Å². The van der Waals surface area contributed by atoms with Crippen molar-refractivity contribution in [3.63, 3.8) is 0 Å². The van der Waals surface area contributed by atoms with Crippen molar-refractivity contribution in [2.24, 2.45) is 7.05 Å². The summed E-state index contributed by atoms with van der Waals surface area (Å²) in [6, 6.07) is 14.6. The van der Waals surface area contributed by atoms with Crippen LogP contribution in [0.4, 0.5) is 5.69 Å². The molecule has 0 saturated heterocycles. The zero-order valence-corrected chi connectivity index (χ0v) is 17.5. The Bertz CT molecular complexity index is 1280. The summed E-state index contributed by atoms with van der Waals surface area (Å²) < 4.78 is 7.23. The normalized spacial score (nSPS) is 12.3. The second-order valence-corrected chi connectivity index (χ2v) is 7.71. The second kappa shape index (κ2) is 8.10. The molecule has 0 spiro atoms. The van der Waals surface area contributed by atoms with Crippen LogP contribution in [0, 0.1) is 0 Å². The van der Waals surface area contributed by atoms with Crippen LogP contribution in [0.5, 0.6) is 0 Å². The van der Waals surface area contributed by atoms with Crippen LogP contribution in [-0.2, 0) is 19.9 Å². The van der Waals surface area contributed by atoms with E-state index in [2.05, 4.69) is 56.6 Å². The zero-order valence-electron chi connectivity index (χ0n) is 17.5. The number of imidazole rings is 1. The number of aromatic amines is 1. The van der Waals surface area contributed by atoms with Gasteiger partial charge in [-0.2, -0.15) is 5.10 Å². The number of aromatic nitrogens is 5. The van der Waals surface area contributed by atoms with Gasteiger partial charge in [-0.3, -0.25) is 4.68 Å². The standard InChI is InChI=1S/C24H24N6O/c1-16(17-5-7-18(8-6-17)19-14-26-30(2)15-19)27-21-11-12-25-24-23(21)28-22(29-24)10-9-20-4-3-13-31-20/h3-8,11-16H,9-10H2,1-2H3,(H2,25,27,28,29)/t16-/m1/s1. The number of anilines is 1. The van der Waals surface area contributed by atoms with Gasteiger partial charge in [0, 0.05) is 43.9 Å². The maximum absolute atomic E-state index is 5.42. The van der Waals surface area contributed by atoms with Gasteiger partial charge in [-0.15, -0.1) is 0 Å². The van der Waals surface area contributed by atoms with Gasteiger partial charge < -0.3 is 14.7 Å². The van der Waals surface area contributed by atoms with Gasteiger partial charge in [-0.25, -0.2) is 9.97 Å². The molecule has 5 aromatic rings. The molecular weight excluding hydrogens is 388 g/mol. The van der Waals surface area contributed by atoms with Crippen LogP contribution in [-0.4, -0.2) is 24.7 Å². The van der Waals surface area contributed by atoms with Crippen molar-refractivity contribution in [2.75, 3.05) is 5.32 Å². The second-order valence-electron chi connectivity index (χ2n) is 7.71. The lowest BCUT2D eigenvalue weighted by molar-refractivity contribution is 0.507. The van der Waals surface area contributed by atoms with Crippen LogP contribution < -0.4 is 5.32 Å². The Labute approximate surface area is 180 Å². The van der Waals surface area contributed by atoms with Gasteiger partial charge in [0.15, 0.2) is 5.65 Å². The van der Waals surface area contributed by atoms with Crippen LogP contribution >= 0.6 is 0 Å². The van der Waals surface area contributed by atoms with Crippen molar-refractivity contribution in [1.29, 1.82) is 0 Å². The Hall–Kier alpha value is -3.87. The molecule has 0 saturated carbocycles. The highest BCUT2D eigenvalue weighted by molar-refractivity contribution is 5.85. The van der Waals surface area contributed by atoms with Gasteiger partial charge in [-0.05, 0) is 36.2 Å². The van der Waals surface area contributed by atoms with Gasteiger partial charge in [0.25, 0.3) is 0 Å². The van der Waals surface area contributed by atoms with Gasteiger partial charge in [-0.1, -0.05) is 24.3 Å². The first kappa shape index (κ1) is 19.1. The highest BCUT2D eigenvalue weighted by Gasteiger charge is 2.12. The lowest BCUT2D eigenvalue weighted by Crippen LogP contribution is -2.07. The van der Waals surface area contributed by atoms with Gasteiger partial charge in [0.1, 0.15) is 17.1 Å². The van der Waals surface area contributed by atoms with Crippen LogP contribution in [0.1, 0.15) is 30.1 Å². The van der Waals surface area contributed by atoms with E-state index in [0.717, 1.165) is 52.4 Å². The van der Waals surface area contributed by atoms with E-state index in [0.29, 0.717) is 0 Å². The number of aryl methyl sites for hydroxylation is 3. The SMILES string of the molecule is C[C@@H](Nc1ccnc2nc(CCc3ccco3)[nH]c12)c1ccc(-c2cnn(C)c2)cc1. The third kappa shape index (κ3) is 4.07. The summed E-state index contributed by atoms with van der Waals surface area (Å²) in [6.07, 6.45) is 8.96. The Kier molecular flexibility index (Phi) is 5.00. The molecule has 0 aliphatic rings. The average molecular weight is 412 g/mol. The minimum Gasteiger partial charge on any atom is -0.469 e. The first-order valence-corrected chi connectivity index (χ1v) is 10.4. The number of pyridine rings is 1. The zero-order chi connectivity index (χ0) is 21.2. The number of furan rings is 1. The van der Waals surface area contributed by atoms with E-state index in [1.54, 1.807) is 12.5 Å². The molecule has 1 aromatic carbocycles. The van der Waals surface area contributed by atoms with Gasteiger partial charge >= 0.3 is 0 Å². The maximum Gasteiger partial charge on any atom is 0.179 e. The van der Waals surface area contributed by atoms with Crippen LogP contribution in [0.3, 0.4) is 0 Å². The van der Waals surface area contributed by atoms with Crippen LogP contribution in [0.25, 0.3) is 22.3 Å². The fourth-order valence-electron chi connectivity index (χ4n) is 3.75. The molecule has 0 amide bonds. The van der Waals surface area contributed by atoms with Crippen molar-refractivity contribution in [3.8, 4) is 11.1 Å². The number of nitrogens with zero attached hydrogens (tertiary/aromatic N) is 4. The minimum absolute atomic E-state index is 0.128. The molecule has 0 fully saturated rings. The Balaban J connectivity index is 1.32. The number of benzene rings is 1. The lowest BCUT2D eigenvalue weighted by Gasteiger charge is -2.16. The molecule has 0 radical (unpaired) electrons. The molecule has 0 bridgehead atoms. The van der Waals surface area contributed by atoms with Crippen LogP contribution in [0.2, 0.25) is 0 Å². The average Bonchev–Trinajstić information content (AvgIpc) is 3.53. The third-order valence-electron chi connectivity index (χ3n) is 5.45. The first-order chi connectivity index (χ1) is 15.2. The molecule has 0 unspecified atom stereocenters. The molecule has 5 rings (SSSR count). The molecular formula is C24H24N6O. The van der Waals surface area contributed by atoms with E-state index in [1.165, 1.54) is 5.56 Å². The molecule has 4 aromatic heterocycles. The van der Waals surface area contributed by atoms with Gasteiger partial charge in [0.2, 0.25) is 0 Å². The van der Waals surface area contributed by atoms with Crippen molar-refractivity contribution in [1.82, 2.24) is 24.7 Å². The summed E-state index contributed by atoms with van der Waals surface area (Å²) in [7, 11) is 1.93. The number of hydrogen-bond donors (Lipinski definition) is 2. The molecule has 2 N–H and O–H groups in total. The summed E-state index contributed by atoms with van der Waals surface area (Å²) in [5, 5.41) is 7.85. The van der Waals surface area contributed by atoms with E-state index in [-0.39, 0.29) is 6.04 Å². The molecule has 7 heteroatoms. The predicted octanol–water partition coefficient (Wildman–Crippen LogP) is 4.91. The Morgan fingerprint density at radius 3 is 2.71 bits per heavy atom. The molecule has 0 aliphatic heterocycles. The molecule has 1 atom stereocenters. The predicted molar refractivity (Wildman–Crippen MR) is 121 cm³/mol. The van der Waals surface area contributed by atoms with E-state index in [4.69, 9.17) is 4.42 Å². The largest absolute Gasteiger partial charge is 0.469 e. The third-order valence-corrected chi connectivity index (χ3v) is 5.45. The first-order valence-electron chi connectivity index (χ1n) is 10.4. The lowest BCUT2D eigenvalue weighted by atomic mass is 10.0. The summed E-state index contributed by atoms with van der Waals surface area (Å²) in [4.78, 5) is 12.5. The number of hydrogen-bond acceptors (Lipinski definition) is 5. The quantitative estimate of drug-likeness (QED) is 0.397. The van der Waals surface area contributed by atoms with Crippen molar-refractivity contribution in [3.05, 3.63) is 84.5 Å². The van der Waals surface area contributed by atoms with Crippen molar-refractivity contribution in [2.45, 2.75) is 25.8 Å². The number of nitrogens with one attached hydrogen (secondary N) is 2. The summed E-state index contributed by atoms with van der Waals surface area (Å²) in [6.45, 7) is 2.15. The number of H-pyrrole nitrogens is 1. The fourth-order valence-corrected chi connectivity index (χ4v) is 3.75. The summed E-state index contributed by atoms with van der Waals surface area (Å²) in [5.74, 6) is 1.86. The van der Waals surface area contributed by atoms with E-state index in [1.807, 2.05) is 42.3 Å². The maximum atomic E-state index is 5.42. The number of rotatable bonds is 7. The summed E-state index contributed by atoms with van der Waals surface area (Å²) in [5.41, 5.74) is 6.12. The van der Waals surface area contributed by atoms with E-state index in [9.17, 15) is 0 Å². The van der Waals surface area contributed by atoms with Gasteiger partial charge in [0.05, 0.1) is 18.1 Å². The molecule has 31 heavy (non-hydrogen) atoms. The molecule has 0 aliphatic carbocycles. The fraction of sp³-hybridized carbons (Fsp3) is 0.208. The van der Waals surface area contributed by atoms with Crippen molar-refractivity contribution >= 4 is 16.9 Å². The summed E-state index contributed by atoms with van der Waals surface area (Å²) >= 11 is 0. The Morgan fingerprint density at radius 2 is 1.97 bits per heavy atom. The molecule has 156 valence electrons. The van der Waals surface area contributed by atoms with Crippen LogP contribution in [0.15, 0.2) is 71.7 Å². The highest BCUT2D eigenvalue weighted by atomic mass is 16.3. The minimum atomic E-state index is 0.128.